The van der Waals surface area contributed by atoms with Gasteiger partial charge < -0.3 is 4.74 Å². The van der Waals surface area contributed by atoms with Crippen LogP contribution in [-0.4, -0.2) is 27.7 Å². The second kappa shape index (κ2) is 7.86. The minimum atomic E-state index is -0.422. The van der Waals surface area contributed by atoms with E-state index >= 15 is 0 Å². The summed E-state index contributed by atoms with van der Waals surface area (Å²) in [6.45, 7) is -0.251. The van der Waals surface area contributed by atoms with Gasteiger partial charge in [-0.05, 0) is 18.2 Å². The van der Waals surface area contributed by atoms with Gasteiger partial charge >= 0.3 is 0 Å². The quantitative estimate of drug-likeness (QED) is 0.608. The number of nitrogens with one attached hydrogen (secondary N) is 2. The molecule has 0 aliphatic rings. The van der Waals surface area contributed by atoms with Crippen molar-refractivity contribution in [3.05, 3.63) is 57.0 Å². The molecule has 0 aliphatic carbocycles. The normalized spacial score (nSPS) is 10.5. The fourth-order valence-corrected chi connectivity index (χ4v) is 2.79. The van der Waals surface area contributed by atoms with E-state index in [9.17, 15) is 4.79 Å². The van der Waals surface area contributed by atoms with Crippen molar-refractivity contribution in [1.29, 1.82) is 0 Å². The third-order valence-corrected chi connectivity index (χ3v) is 4.36. The Labute approximate surface area is 161 Å². The fourth-order valence-electron chi connectivity index (χ4n) is 1.98. The van der Waals surface area contributed by atoms with E-state index in [0.717, 1.165) is 10.0 Å². The van der Waals surface area contributed by atoms with Gasteiger partial charge in [0.2, 0.25) is 5.95 Å². The minimum Gasteiger partial charge on any atom is -0.482 e. The van der Waals surface area contributed by atoms with Crippen LogP contribution in [0.1, 0.15) is 0 Å². The molecule has 2 aromatic carbocycles. The SMILES string of the molecule is O=C(COc1cc(Cl)ccc1Cl)Nc1n[nH]c(-c2ccccc2Br)n1. The molecule has 0 atom stereocenters. The van der Waals surface area contributed by atoms with Crippen LogP contribution >= 0.6 is 39.1 Å². The van der Waals surface area contributed by atoms with Crippen molar-refractivity contribution >= 4 is 51.0 Å². The van der Waals surface area contributed by atoms with Crippen molar-refractivity contribution in [3.63, 3.8) is 0 Å². The average Bonchev–Trinajstić information content (AvgIpc) is 3.04. The molecular formula is C16H11BrCl2N4O2. The van der Waals surface area contributed by atoms with Crippen LogP contribution in [0.25, 0.3) is 11.4 Å². The number of amides is 1. The molecule has 1 aromatic heterocycles. The molecule has 0 fully saturated rings. The standard InChI is InChI=1S/C16H11BrCl2N4O2/c17-11-4-2-1-3-10(11)15-21-16(23-22-15)20-14(24)8-25-13-7-9(18)5-6-12(13)19/h1-7H,8H2,(H2,20,21,22,23,24). The maximum Gasteiger partial charge on any atom is 0.264 e. The number of ether oxygens (including phenoxy) is 1. The van der Waals surface area contributed by atoms with Crippen molar-refractivity contribution < 1.29 is 9.53 Å². The zero-order valence-electron chi connectivity index (χ0n) is 12.6. The van der Waals surface area contributed by atoms with Gasteiger partial charge in [-0.1, -0.05) is 57.3 Å². The van der Waals surface area contributed by atoms with Crippen LogP contribution in [0, 0.1) is 0 Å². The third-order valence-electron chi connectivity index (χ3n) is 3.12. The van der Waals surface area contributed by atoms with Gasteiger partial charge in [0.05, 0.1) is 5.02 Å². The molecule has 0 bridgehead atoms. The largest absolute Gasteiger partial charge is 0.482 e. The molecule has 9 heteroatoms. The van der Waals surface area contributed by atoms with Gasteiger partial charge in [-0.2, -0.15) is 4.98 Å². The summed E-state index contributed by atoms with van der Waals surface area (Å²) in [6.07, 6.45) is 0. The lowest BCUT2D eigenvalue weighted by molar-refractivity contribution is -0.118. The number of nitrogens with zero attached hydrogens (tertiary/aromatic N) is 2. The summed E-state index contributed by atoms with van der Waals surface area (Å²) >= 11 is 15.3. The van der Waals surface area contributed by atoms with Gasteiger partial charge in [-0.25, -0.2) is 0 Å². The molecule has 0 aliphatic heterocycles. The molecule has 25 heavy (non-hydrogen) atoms. The number of carbonyl (C=O) groups excluding carboxylic acids is 1. The number of rotatable bonds is 5. The summed E-state index contributed by atoms with van der Waals surface area (Å²) in [5.41, 5.74) is 0.831. The summed E-state index contributed by atoms with van der Waals surface area (Å²) in [4.78, 5) is 16.2. The fraction of sp³-hybridized carbons (Fsp3) is 0.0625. The van der Waals surface area contributed by atoms with E-state index in [4.69, 9.17) is 27.9 Å². The van der Waals surface area contributed by atoms with Gasteiger partial charge in [-0.15, -0.1) is 5.10 Å². The van der Waals surface area contributed by atoms with Crippen LogP contribution in [0.3, 0.4) is 0 Å². The van der Waals surface area contributed by atoms with E-state index in [1.165, 1.54) is 6.07 Å². The highest BCUT2D eigenvalue weighted by atomic mass is 79.9. The predicted octanol–water partition coefficient (Wildman–Crippen LogP) is 4.56. The van der Waals surface area contributed by atoms with E-state index in [0.29, 0.717) is 21.6 Å². The number of anilines is 1. The lowest BCUT2D eigenvalue weighted by Gasteiger charge is -2.07. The van der Waals surface area contributed by atoms with Crippen LogP contribution < -0.4 is 10.1 Å². The maximum absolute atomic E-state index is 12.0. The first-order valence-corrected chi connectivity index (χ1v) is 8.63. The summed E-state index contributed by atoms with van der Waals surface area (Å²) in [7, 11) is 0. The van der Waals surface area contributed by atoms with Gasteiger partial charge in [0.15, 0.2) is 12.4 Å². The molecule has 2 N–H and O–H groups in total. The van der Waals surface area contributed by atoms with Crippen LogP contribution in [0.15, 0.2) is 46.9 Å². The van der Waals surface area contributed by atoms with Crippen LogP contribution in [-0.2, 0) is 4.79 Å². The Kier molecular flexibility index (Phi) is 5.57. The van der Waals surface area contributed by atoms with Crippen molar-refractivity contribution in [2.24, 2.45) is 0 Å². The monoisotopic (exact) mass is 440 g/mol. The van der Waals surface area contributed by atoms with Gasteiger partial charge in [0.1, 0.15) is 5.75 Å². The first-order chi connectivity index (χ1) is 12.0. The predicted molar refractivity (Wildman–Crippen MR) is 100 cm³/mol. The molecule has 0 unspecified atom stereocenters. The number of hydrogen-bond donors (Lipinski definition) is 2. The van der Waals surface area contributed by atoms with Gasteiger partial charge in [0, 0.05) is 21.1 Å². The molecule has 1 heterocycles. The van der Waals surface area contributed by atoms with Crippen molar-refractivity contribution in [2.75, 3.05) is 11.9 Å². The van der Waals surface area contributed by atoms with Gasteiger partial charge in [-0.3, -0.25) is 15.2 Å². The van der Waals surface area contributed by atoms with Crippen molar-refractivity contribution in [1.82, 2.24) is 15.2 Å². The number of H-pyrrole nitrogens is 1. The Hall–Kier alpha value is -2.09. The number of aromatic nitrogens is 3. The summed E-state index contributed by atoms with van der Waals surface area (Å²) < 4.78 is 6.22. The topological polar surface area (TPSA) is 79.9 Å². The molecule has 1 amide bonds. The summed E-state index contributed by atoms with van der Waals surface area (Å²) in [5.74, 6) is 0.583. The smallest absolute Gasteiger partial charge is 0.264 e. The number of hydrogen-bond acceptors (Lipinski definition) is 4. The van der Waals surface area contributed by atoms with Crippen LogP contribution in [0.4, 0.5) is 5.95 Å². The number of benzene rings is 2. The Morgan fingerprint density at radius 2 is 2.04 bits per heavy atom. The third kappa shape index (κ3) is 4.50. The maximum atomic E-state index is 12.0. The van der Waals surface area contributed by atoms with E-state index in [1.807, 2.05) is 24.3 Å². The summed E-state index contributed by atoms with van der Waals surface area (Å²) in [5, 5.41) is 10.1. The Morgan fingerprint density at radius 1 is 1.24 bits per heavy atom. The molecular weight excluding hydrogens is 431 g/mol. The first-order valence-electron chi connectivity index (χ1n) is 7.08. The highest BCUT2D eigenvalue weighted by molar-refractivity contribution is 9.10. The zero-order valence-corrected chi connectivity index (χ0v) is 15.7. The van der Waals surface area contributed by atoms with E-state index < -0.39 is 5.91 Å². The van der Waals surface area contributed by atoms with Gasteiger partial charge in [0.25, 0.3) is 5.91 Å². The van der Waals surface area contributed by atoms with Crippen molar-refractivity contribution in [3.8, 4) is 17.1 Å². The molecule has 0 saturated carbocycles. The molecule has 3 rings (SSSR count). The molecule has 0 saturated heterocycles. The Balaban J connectivity index is 1.62. The molecule has 0 spiro atoms. The number of carbonyl (C=O) groups is 1. The Morgan fingerprint density at radius 3 is 2.84 bits per heavy atom. The minimum absolute atomic E-state index is 0.150. The lowest BCUT2D eigenvalue weighted by Crippen LogP contribution is -2.21. The number of halogens is 3. The van der Waals surface area contributed by atoms with E-state index in [2.05, 4.69) is 36.4 Å². The lowest BCUT2D eigenvalue weighted by atomic mass is 10.2. The van der Waals surface area contributed by atoms with Crippen LogP contribution in [0.2, 0.25) is 10.0 Å². The Bertz CT molecular complexity index is 917. The average molecular weight is 442 g/mol. The summed E-state index contributed by atoms with van der Waals surface area (Å²) in [6, 6.07) is 12.3. The highest BCUT2D eigenvalue weighted by Crippen LogP contribution is 2.28. The van der Waals surface area contributed by atoms with E-state index in [1.54, 1.807) is 12.1 Å². The zero-order chi connectivity index (χ0) is 17.8. The van der Waals surface area contributed by atoms with Crippen molar-refractivity contribution in [2.45, 2.75) is 0 Å². The molecule has 0 radical (unpaired) electrons. The molecule has 6 nitrogen and oxygen atoms in total. The number of aromatic amines is 1. The second-order valence-electron chi connectivity index (χ2n) is 4.90. The van der Waals surface area contributed by atoms with E-state index in [-0.39, 0.29) is 12.6 Å². The van der Waals surface area contributed by atoms with Crippen LogP contribution in [0.5, 0.6) is 5.75 Å². The first kappa shape index (κ1) is 17.7. The molecule has 128 valence electrons. The second-order valence-corrected chi connectivity index (χ2v) is 6.60. The molecule has 3 aromatic rings. The highest BCUT2D eigenvalue weighted by Gasteiger charge is 2.12.